The highest BCUT2D eigenvalue weighted by Crippen LogP contribution is 2.27. The predicted molar refractivity (Wildman–Crippen MR) is 110 cm³/mol. The topological polar surface area (TPSA) is 119 Å². The number of β-lactam (4-membered cyclic amide) rings is 1. The van der Waals surface area contributed by atoms with Gasteiger partial charge in [-0.1, -0.05) is 36.9 Å². The van der Waals surface area contributed by atoms with Crippen molar-refractivity contribution in [2.75, 3.05) is 19.6 Å². The van der Waals surface area contributed by atoms with Crippen LogP contribution in [0.1, 0.15) is 38.0 Å². The van der Waals surface area contributed by atoms with Crippen molar-refractivity contribution < 1.29 is 24.0 Å². The maximum absolute atomic E-state index is 12.5. The maximum atomic E-state index is 12.5. The molecule has 0 radical (unpaired) electrons. The van der Waals surface area contributed by atoms with Gasteiger partial charge in [-0.2, -0.15) is 0 Å². The third-order valence-corrected chi connectivity index (χ3v) is 6.62. The van der Waals surface area contributed by atoms with Crippen LogP contribution in [-0.2, 0) is 19.1 Å². The van der Waals surface area contributed by atoms with Crippen molar-refractivity contribution in [1.29, 1.82) is 0 Å². The number of nitro groups is 1. The van der Waals surface area contributed by atoms with E-state index >= 15 is 0 Å². The number of ether oxygens (including phenoxy) is 1. The maximum Gasteiger partial charge on any atom is 0.382 e. The Morgan fingerprint density at radius 2 is 1.97 bits per heavy atom. The van der Waals surface area contributed by atoms with Gasteiger partial charge in [-0.15, -0.1) is 0 Å². The van der Waals surface area contributed by atoms with Crippen LogP contribution in [0.5, 0.6) is 0 Å². The number of piperidine rings is 1. The molecule has 1 aromatic carbocycles. The number of amides is 1. The normalized spacial score (nSPS) is 23.2. The third kappa shape index (κ3) is 5.37. The van der Waals surface area contributed by atoms with Crippen LogP contribution >= 0.6 is 11.8 Å². The van der Waals surface area contributed by atoms with E-state index in [4.69, 9.17) is 4.74 Å². The SMILES string of the molecule is CCC1NC(=O)C1SC(=O)CN1CCC(C(=O)OC(c2ccccc2)[N+](=O)[O-])CC1. The van der Waals surface area contributed by atoms with Gasteiger partial charge >= 0.3 is 12.2 Å². The molecule has 162 valence electrons. The van der Waals surface area contributed by atoms with Crippen LogP contribution in [-0.4, -0.2) is 57.7 Å². The Labute approximate surface area is 178 Å². The lowest BCUT2D eigenvalue weighted by Crippen LogP contribution is -2.60. The highest BCUT2D eigenvalue weighted by molar-refractivity contribution is 8.14. The van der Waals surface area contributed by atoms with E-state index in [0.717, 1.165) is 18.2 Å². The molecule has 0 spiro atoms. The highest BCUT2D eigenvalue weighted by atomic mass is 32.2. The Balaban J connectivity index is 1.45. The first-order chi connectivity index (χ1) is 14.4. The number of carbonyl (C=O) groups excluding carboxylic acids is 3. The molecule has 2 aliphatic heterocycles. The van der Waals surface area contributed by atoms with Crippen molar-refractivity contribution in [1.82, 2.24) is 10.2 Å². The summed E-state index contributed by atoms with van der Waals surface area (Å²) in [5.41, 5.74) is 0.321. The Hall–Kier alpha value is -2.46. The van der Waals surface area contributed by atoms with Gasteiger partial charge < -0.3 is 10.1 Å². The van der Waals surface area contributed by atoms with E-state index in [9.17, 15) is 24.5 Å². The van der Waals surface area contributed by atoms with Crippen LogP contribution in [0.4, 0.5) is 0 Å². The predicted octanol–water partition coefficient (Wildman–Crippen LogP) is 1.75. The summed E-state index contributed by atoms with van der Waals surface area (Å²) in [6, 6.07) is 8.20. The lowest BCUT2D eigenvalue weighted by molar-refractivity contribution is -0.576. The quantitative estimate of drug-likeness (QED) is 0.216. The standard InChI is InChI=1S/C20H25N3O6S/c1-2-15-17(18(25)21-15)30-16(24)12-22-10-8-14(9-11-22)20(26)29-19(23(27)28)13-6-4-3-5-7-13/h3-7,14-15,17,19H,2,8-12H2,1H3,(H,21,25). The summed E-state index contributed by atoms with van der Waals surface area (Å²) in [5.74, 6) is -1.12. The average Bonchev–Trinajstić information content (AvgIpc) is 2.74. The van der Waals surface area contributed by atoms with E-state index in [2.05, 4.69) is 5.32 Å². The number of nitrogens with one attached hydrogen (secondary N) is 1. The molecular formula is C20H25N3O6S. The second kappa shape index (κ2) is 10.0. The average molecular weight is 436 g/mol. The van der Waals surface area contributed by atoms with Crippen LogP contribution in [0.25, 0.3) is 0 Å². The molecule has 2 heterocycles. The van der Waals surface area contributed by atoms with E-state index in [1.54, 1.807) is 30.3 Å². The molecule has 9 nitrogen and oxygen atoms in total. The fourth-order valence-corrected chi connectivity index (χ4v) is 4.76. The molecule has 0 aromatic heterocycles. The summed E-state index contributed by atoms with van der Waals surface area (Å²) in [6.07, 6.45) is 0.211. The smallest absolute Gasteiger partial charge is 0.382 e. The number of thioether (sulfide) groups is 1. The first-order valence-electron chi connectivity index (χ1n) is 10.00. The summed E-state index contributed by atoms with van der Waals surface area (Å²) in [5, 5.41) is 13.7. The number of nitrogens with zero attached hydrogens (tertiary/aromatic N) is 2. The van der Waals surface area contributed by atoms with Crippen molar-refractivity contribution in [3.63, 3.8) is 0 Å². The first-order valence-corrected chi connectivity index (χ1v) is 10.9. The van der Waals surface area contributed by atoms with Crippen molar-refractivity contribution >= 4 is 28.8 Å². The number of esters is 1. The Morgan fingerprint density at radius 3 is 2.53 bits per heavy atom. The fourth-order valence-electron chi connectivity index (χ4n) is 3.62. The monoisotopic (exact) mass is 435 g/mol. The molecule has 30 heavy (non-hydrogen) atoms. The van der Waals surface area contributed by atoms with Crippen LogP contribution in [0.2, 0.25) is 0 Å². The molecule has 2 aliphatic rings. The van der Waals surface area contributed by atoms with Crippen LogP contribution in [0.3, 0.4) is 0 Å². The number of hydrogen-bond donors (Lipinski definition) is 1. The molecule has 3 rings (SSSR count). The molecule has 2 fully saturated rings. The van der Waals surface area contributed by atoms with E-state index < -0.39 is 23.0 Å². The molecule has 1 amide bonds. The summed E-state index contributed by atoms with van der Waals surface area (Å²) in [4.78, 5) is 49.0. The van der Waals surface area contributed by atoms with Crippen LogP contribution in [0.15, 0.2) is 30.3 Å². The second-order valence-corrected chi connectivity index (χ2v) is 8.67. The van der Waals surface area contributed by atoms with Gasteiger partial charge in [0.15, 0.2) is 0 Å². The molecule has 0 saturated carbocycles. The molecule has 3 atom stereocenters. The zero-order valence-corrected chi connectivity index (χ0v) is 17.5. The van der Waals surface area contributed by atoms with Gasteiger partial charge in [0.25, 0.3) is 0 Å². The van der Waals surface area contributed by atoms with Crippen LogP contribution in [0, 0.1) is 16.0 Å². The number of benzene rings is 1. The minimum atomic E-state index is -1.52. The van der Waals surface area contributed by atoms with Crippen molar-refractivity contribution in [3.05, 3.63) is 46.0 Å². The number of hydrogen-bond acceptors (Lipinski definition) is 8. The minimum absolute atomic E-state index is 0.0473. The van der Waals surface area contributed by atoms with Gasteiger partial charge in [0.1, 0.15) is 5.25 Å². The summed E-state index contributed by atoms with van der Waals surface area (Å²) < 4.78 is 5.19. The van der Waals surface area contributed by atoms with Crippen LogP contribution < -0.4 is 5.32 Å². The van der Waals surface area contributed by atoms with Gasteiger partial charge in [-0.05, 0) is 44.5 Å². The van der Waals surface area contributed by atoms with E-state index in [0.29, 0.717) is 31.5 Å². The van der Waals surface area contributed by atoms with Crippen molar-refractivity contribution in [2.45, 2.75) is 43.7 Å². The summed E-state index contributed by atoms with van der Waals surface area (Å²) in [6.45, 7) is 3.23. The first kappa shape index (κ1) is 22.2. The number of rotatable bonds is 8. The third-order valence-electron chi connectivity index (χ3n) is 5.43. The lowest BCUT2D eigenvalue weighted by Gasteiger charge is -2.35. The molecule has 10 heteroatoms. The van der Waals surface area contributed by atoms with Crippen molar-refractivity contribution in [2.24, 2.45) is 5.92 Å². The molecule has 1 aromatic rings. The zero-order valence-electron chi connectivity index (χ0n) is 16.7. The molecule has 0 aliphatic carbocycles. The van der Waals surface area contributed by atoms with Gasteiger partial charge in [0.2, 0.25) is 11.0 Å². The Morgan fingerprint density at radius 1 is 1.30 bits per heavy atom. The highest BCUT2D eigenvalue weighted by Gasteiger charge is 2.40. The van der Waals surface area contributed by atoms with Gasteiger partial charge in [-0.25, -0.2) is 0 Å². The second-order valence-electron chi connectivity index (χ2n) is 7.47. The minimum Gasteiger partial charge on any atom is -0.394 e. The molecule has 3 unspecified atom stereocenters. The zero-order chi connectivity index (χ0) is 21.7. The Bertz CT molecular complexity index is 797. The van der Waals surface area contributed by atoms with Gasteiger partial charge in [0, 0.05) is 6.04 Å². The summed E-state index contributed by atoms with van der Waals surface area (Å²) in [7, 11) is 0. The lowest BCUT2D eigenvalue weighted by atomic mass is 9.97. The number of likely N-dealkylation sites (tertiary alicyclic amines) is 1. The molecule has 2 saturated heterocycles. The van der Waals surface area contributed by atoms with Gasteiger partial charge in [-0.3, -0.25) is 29.4 Å². The van der Waals surface area contributed by atoms with Crippen molar-refractivity contribution in [3.8, 4) is 0 Å². The Kier molecular flexibility index (Phi) is 7.43. The fraction of sp³-hybridized carbons (Fsp3) is 0.550. The molecule has 1 N–H and O–H groups in total. The largest absolute Gasteiger partial charge is 0.394 e. The van der Waals surface area contributed by atoms with E-state index in [-0.39, 0.29) is 28.9 Å². The van der Waals surface area contributed by atoms with Gasteiger partial charge in [0.05, 0.1) is 22.9 Å². The van der Waals surface area contributed by atoms with E-state index in [1.165, 1.54) is 0 Å². The molecular weight excluding hydrogens is 410 g/mol. The number of carbonyl (C=O) groups is 3. The van der Waals surface area contributed by atoms with E-state index in [1.807, 2.05) is 11.8 Å². The summed E-state index contributed by atoms with van der Waals surface area (Å²) >= 11 is 1.08. The molecule has 0 bridgehead atoms.